The predicted octanol–water partition coefficient (Wildman–Crippen LogP) is 1.71. The minimum atomic E-state index is -0.327. The molecule has 1 amide bonds. The first-order valence-corrected chi connectivity index (χ1v) is 7.85. The minimum absolute atomic E-state index is 0.165. The molecular formula is C15H28N2O2. The average Bonchev–Trinajstić information content (AvgIpc) is 2.67. The number of hydrogen-bond acceptors (Lipinski definition) is 3. The maximum absolute atomic E-state index is 12.6. The molecule has 0 atom stereocenters. The van der Waals surface area contributed by atoms with Crippen molar-refractivity contribution in [3.8, 4) is 0 Å². The predicted molar refractivity (Wildman–Crippen MR) is 75.6 cm³/mol. The fourth-order valence-electron chi connectivity index (χ4n) is 3.49. The molecule has 110 valence electrons. The summed E-state index contributed by atoms with van der Waals surface area (Å²) in [6.45, 7) is 0.466. The summed E-state index contributed by atoms with van der Waals surface area (Å²) in [5.41, 5.74) is 5.61. The monoisotopic (exact) mass is 268 g/mol. The lowest BCUT2D eigenvalue weighted by molar-refractivity contribution is -0.132. The van der Waals surface area contributed by atoms with E-state index < -0.39 is 0 Å². The van der Waals surface area contributed by atoms with Crippen molar-refractivity contribution in [3.63, 3.8) is 0 Å². The smallest absolute Gasteiger partial charge is 0.227 e. The molecule has 0 unspecified atom stereocenters. The summed E-state index contributed by atoms with van der Waals surface area (Å²) < 4.78 is 0. The first-order valence-electron chi connectivity index (χ1n) is 7.85. The molecule has 4 N–H and O–H groups in total. The third-order valence-electron chi connectivity index (χ3n) is 4.96. The van der Waals surface area contributed by atoms with Crippen LogP contribution in [0.1, 0.15) is 64.2 Å². The molecule has 2 aliphatic rings. The van der Waals surface area contributed by atoms with Crippen LogP contribution in [0.4, 0.5) is 0 Å². The number of hydrogen-bond donors (Lipinski definition) is 3. The number of nitrogens with two attached hydrogens (primary N) is 1. The number of amides is 1. The van der Waals surface area contributed by atoms with Gasteiger partial charge in [0.25, 0.3) is 0 Å². The molecular weight excluding hydrogens is 240 g/mol. The van der Waals surface area contributed by atoms with Gasteiger partial charge in [-0.3, -0.25) is 4.79 Å². The quantitative estimate of drug-likeness (QED) is 0.682. The molecule has 19 heavy (non-hydrogen) atoms. The number of rotatable bonds is 3. The van der Waals surface area contributed by atoms with E-state index in [1.54, 1.807) is 0 Å². The molecule has 0 aromatic carbocycles. The summed E-state index contributed by atoms with van der Waals surface area (Å²) in [7, 11) is 0. The number of aliphatic hydroxyl groups is 1. The zero-order chi connectivity index (χ0) is 13.7. The third kappa shape index (κ3) is 3.69. The van der Waals surface area contributed by atoms with Crippen LogP contribution >= 0.6 is 0 Å². The van der Waals surface area contributed by atoms with Gasteiger partial charge in [0.1, 0.15) is 0 Å². The van der Waals surface area contributed by atoms with E-state index in [9.17, 15) is 9.90 Å². The molecule has 0 spiro atoms. The van der Waals surface area contributed by atoms with Crippen molar-refractivity contribution in [2.75, 3.05) is 6.54 Å². The van der Waals surface area contributed by atoms with E-state index in [-0.39, 0.29) is 23.5 Å². The van der Waals surface area contributed by atoms with E-state index in [0.29, 0.717) is 6.54 Å². The fourth-order valence-corrected chi connectivity index (χ4v) is 3.49. The van der Waals surface area contributed by atoms with Gasteiger partial charge in [0.15, 0.2) is 0 Å². The van der Waals surface area contributed by atoms with Gasteiger partial charge in [0.05, 0.1) is 11.5 Å². The van der Waals surface area contributed by atoms with Crippen molar-refractivity contribution in [3.05, 3.63) is 0 Å². The Labute approximate surface area is 116 Å². The lowest BCUT2D eigenvalue weighted by Gasteiger charge is -2.34. The molecule has 4 nitrogen and oxygen atoms in total. The van der Waals surface area contributed by atoms with Gasteiger partial charge in [-0.15, -0.1) is 0 Å². The van der Waals surface area contributed by atoms with Crippen molar-refractivity contribution >= 4 is 5.91 Å². The molecule has 0 aromatic rings. The van der Waals surface area contributed by atoms with Crippen LogP contribution in [-0.4, -0.2) is 29.7 Å². The highest BCUT2D eigenvalue weighted by Gasteiger charge is 2.38. The van der Waals surface area contributed by atoms with Gasteiger partial charge in [-0.05, 0) is 38.5 Å². The highest BCUT2D eigenvalue weighted by Crippen LogP contribution is 2.35. The van der Waals surface area contributed by atoms with Gasteiger partial charge >= 0.3 is 0 Å². The number of aliphatic hydroxyl groups excluding tert-OH is 1. The summed E-state index contributed by atoms with van der Waals surface area (Å²) in [5.74, 6) is 0.165. The van der Waals surface area contributed by atoms with Crippen LogP contribution in [0.2, 0.25) is 0 Å². The van der Waals surface area contributed by atoms with Crippen molar-refractivity contribution in [2.24, 2.45) is 11.1 Å². The van der Waals surface area contributed by atoms with Crippen LogP contribution in [0.25, 0.3) is 0 Å². The first kappa shape index (κ1) is 14.8. The van der Waals surface area contributed by atoms with Gasteiger partial charge < -0.3 is 16.2 Å². The Balaban J connectivity index is 1.92. The SMILES string of the molecule is NCC1(C(=O)NC2CCC(O)CC2)CCCCCC1. The highest BCUT2D eigenvalue weighted by molar-refractivity contribution is 5.83. The zero-order valence-electron chi connectivity index (χ0n) is 11.9. The molecule has 2 rings (SSSR count). The van der Waals surface area contributed by atoms with E-state index in [4.69, 9.17) is 5.73 Å². The highest BCUT2D eigenvalue weighted by atomic mass is 16.3. The summed E-state index contributed by atoms with van der Waals surface area (Å²) >= 11 is 0. The van der Waals surface area contributed by atoms with Gasteiger partial charge in [0, 0.05) is 12.6 Å². The molecule has 0 radical (unpaired) electrons. The van der Waals surface area contributed by atoms with Crippen molar-refractivity contribution in [1.82, 2.24) is 5.32 Å². The van der Waals surface area contributed by atoms with Crippen LogP contribution in [-0.2, 0) is 4.79 Å². The van der Waals surface area contributed by atoms with Gasteiger partial charge in [-0.1, -0.05) is 25.7 Å². The van der Waals surface area contributed by atoms with Crippen LogP contribution in [0.3, 0.4) is 0 Å². The summed E-state index contributed by atoms with van der Waals surface area (Å²) in [4.78, 5) is 12.6. The van der Waals surface area contributed by atoms with Crippen molar-refractivity contribution < 1.29 is 9.90 Å². The van der Waals surface area contributed by atoms with Gasteiger partial charge in [0.2, 0.25) is 5.91 Å². The Morgan fingerprint density at radius 2 is 1.68 bits per heavy atom. The van der Waals surface area contributed by atoms with E-state index in [1.807, 2.05) is 0 Å². The molecule has 2 saturated carbocycles. The van der Waals surface area contributed by atoms with Crippen LogP contribution < -0.4 is 11.1 Å². The largest absolute Gasteiger partial charge is 0.393 e. The topological polar surface area (TPSA) is 75.4 Å². The second kappa shape index (κ2) is 6.71. The second-order valence-corrected chi connectivity index (χ2v) is 6.38. The lowest BCUT2D eigenvalue weighted by Crippen LogP contribution is -2.50. The normalized spacial score (nSPS) is 31.5. The van der Waals surface area contributed by atoms with Crippen molar-refractivity contribution in [1.29, 1.82) is 0 Å². The minimum Gasteiger partial charge on any atom is -0.393 e. The van der Waals surface area contributed by atoms with Gasteiger partial charge in [-0.2, -0.15) is 0 Å². The van der Waals surface area contributed by atoms with Crippen LogP contribution in [0.15, 0.2) is 0 Å². The molecule has 4 heteroatoms. The average molecular weight is 268 g/mol. The van der Waals surface area contributed by atoms with E-state index >= 15 is 0 Å². The van der Waals surface area contributed by atoms with E-state index in [2.05, 4.69) is 5.32 Å². The maximum Gasteiger partial charge on any atom is 0.227 e. The second-order valence-electron chi connectivity index (χ2n) is 6.38. The Morgan fingerprint density at radius 3 is 2.21 bits per heavy atom. The molecule has 2 aliphatic carbocycles. The number of carbonyl (C=O) groups is 1. The number of carbonyl (C=O) groups excluding carboxylic acids is 1. The fraction of sp³-hybridized carbons (Fsp3) is 0.933. The Hall–Kier alpha value is -0.610. The maximum atomic E-state index is 12.6. The third-order valence-corrected chi connectivity index (χ3v) is 4.96. The van der Waals surface area contributed by atoms with Crippen LogP contribution in [0.5, 0.6) is 0 Å². The van der Waals surface area contributed by atoms with E-state index in [1.165, 1.54) is 12.8 Å². The molecule has 0 heterocycles. The molecule has 0 bridgehead atoms. The first-order chi connectivity index (χ1) is 9.16. The summed E-state index contributed by atoms with van der Waals surface area (Å²) in [6.07, 6.45) is 9.80. The number of nitrogens with one attached hydrogen (secondary N) is 1. The van der Waals surface area contributed by atoms with E-state index in [0.717, 1.165) is 51.4 Å². The Morgan fingerprint density at radius 1 is 1.11 bits per heavy atom. The standard InChI is InChI=1S/C15H28N2O2/c16-11-15(9-3-1-2-4-10-15)14(19)17-12-5-7-13(18)8-6-12/h12-13,18H,1-11,16H2,(H,17,19). The van der Waals surface area contributed by atoms with Crippen molar-refractivity contribution in [2.45, 2.75) is 76.4 Å². The zero-order valence-corrected chi connectivity index (χ0v) is 11.9. The molecule has 0 aromatic heterocycles. The Bertz CT molecular complexity index is 291. The molecule has 2 fully saturated rings. The Kier molecular flexibility index (Phi) is 5.22. The summed E-state index contributed by atoms with van der Waals surface area (Å²) in [6, 6.07) is 0.238. The van der Waals surface area contributed by atoms with Crippen LogP contribution in [0, 0.1) is 5.41 Å². The lowest BCUT2D eigenvalue weighted by atomic mass is 9.79. The summed E-state index contributed by atoms with van der Waals surface area (Å²) in [5, 5.41) is 12.7. The molecule has 0 aliphatic heterocycles. The molecule has 0 saturated heterocycles. The van der Waals surface area contributed by atoms with Gasteiger partial charge in [-0.25, -0.2) is 0 Å².